The summed E-state index contributed by atoms with van der Waals surface area (Å²) in [6.45, 7) is 18.3. The lowest BCUT2D eigenvalue weighted by Gasteiger charge is -2.33. The minimum atomic E-state index is -0.136. The molecule has 0 saturated heterocycles. The molecule has 0 bridgehead atoms. The molecule has 0 aliphatic rings. The molecule has 8 aromatic rings. The van der Waals surface area contributed by atoms with Crippen molar-refractivity contribution in [3.63, 3.8) is 0 Å². The number of aryl methyl sites for hydroxylation is 2. The molecule has 0 aliphatic heterocycles. The average molecular weight is 737 g/mol. The van der Waals surface area contributed by atoms with Crippen LogP contribution in [-0.2, 0) is 10.8 Å². The van der Waals surface area contributed by atoms with Crippen molar-refractivity contribution in [2.24, 2.45) is 0 Å². The molecule has 0 amide bonds. The van der Waals surface area contributed by atoms with Crippen LogP contribution in [0.4, 0.5) is 34.1 Å². The Hall–Kier alpha value is -6.00. The van der Waals surface area contributed by atoms with Crippen LogP contribution in [-0.4, -0.2) is 14.2 Å². The molecule has 8 rings (SSSR count). The Kier molecular flexibility index (Phi) is 9.20. The van der Waals surface area contributed by atoms with E-state index < -0.39 is 0 Å². The third-order valence-electron chi connectivity index (χ3n) is 11.2. The summed E-state index contributed by atoms with van der Waals surface area (Å²) in [5.74, 6) is 1.67. The van der Waals surface area contributed by atoms with Gasteiger partial charge < -0.3 is 19.3 Å². The summed E-state index contributed by atoms with van der Waals surface area (Å²) >= 11 is 0. The fraction of sp³-hybridized carbons (Fsp3) is 0.231. The molecule has 282 valence electrons. The van der Waals surface area contributed by atoms with Gasteiger partial charge in [0.05, 0.1) is 25.6 Å². The lowest BCUT2D eigenvalue weighted by atomic mass is 9.77. The third-order valence-corrected chi connectivity index (χ3v) is 11.2. The molecule has 8 aromatic carbocycles. The molecule has 0 heterocycles. The molecular formula is C52H52N2O2. The SMILES string of the molecule is COc1ccc(N(c2ccc(C)cc2)c2cc(C(C)(C)C)c3ccc4c(N(c5ccc(C)cc5)c5ccc(OC)cc5)cc(C(C)(C)C)c5ccc2c3c45)cc1. The molecule has 0 aromatic heterocycles. The van der Waals surface area contributed by atoms with Crippen molar-refractivity contribution in [3.8, 4) is 11.5 Å². The Morgan fingerprint density at radius 1 is 0.375 bits per heavy atom. The minimum absolute atomic E-state index is 0.136. The topological polar surface area (TPSA) is 24.9 Å². The van der Waals surface area contributed by atoms with Crippen LogP contribution in [0.1, 0.15) is 63.8 Å². The van der Waals surface area contributed by atoms with E-state index >= 15 is 0 Å². The van der Waals surface area contributed by atoms with Crippen molar-refractivity contribution >= 4 is 66.4 Å². The predicted octanol–water partition coefficient (Wildman–Crippen LogP) is 14.8. The summed E-state index contributed by atoms with van der Waals surface area (Å²) in [7, 11) is 3.44. The number of anilines is 6. The molecule has 56 heavy (non-hydrogen) atoms. The van der Waals surface area contributed by atoms with Crippen molar-refractivity contribution in [1.82, 2.24) is 0 Å². The number of methoxy groups -OCH3 is 2. The highest BCUT2D eigenvalue weighted by atomic mass is 16.5. The molecule has 0 atom stereocenters. The Labute approximate surface area is 332 Å². The number of hydrogen-bond donors (Lipinski definition) is 0. The molecule has 0 spiro atoms. The summed E-state index contributed by atoms with van der Waals surface area (Å²) in [4.78, 5) is 4.84. The summed E-state index contributed by atoms with van der Waals surface area (Å²) in [5, 5.41) is 7.59. The van der Waals surface area contributed by atoms with Gasteiger partial charge in [0, 0.05) is 33.5 Å². The van der Waals surface area contributed by atoms with E-state index in [2.05, 4.69) is 199 Å². The van der Waals surface area contributed by atoms with Crippen LogP contribution in [0.3, 0.4) is 0 Å². The first-order valence-electron chi connectivity index (χ1n) is 19.6. The average Bonchev–Trinajstić information content (AvgIpc) is 3.18. The maximum Gasteiger partial charge on any atom is 0.119 e. The van der Waals surface area contributed by atoms with Gasteiger partial charge >= 0.3 is 0 Å². The second kappa shape index (κ2) is 13.9. The van der Waals surface area contributed by atoms with Crippen LogP contribution in [0.2, 0.25) is 0 Å². The highest BCUT2D eigenvalue weighted by molar-refractivity contribution is 6.29. The Morgan fingerprint density at radius 3 is 0.946 bits per heavy atom. The van der Waals surface area contributed by atoms with Gasteiger partial charge in [-0.25, -0.2) is 0 Å². The summed E-state index contributed by atoms with van der Waals surface area (Å²) in [6, 6.07) is 49.0. The number of benzene rings is 8. The van der Waals surface area contributed by atoms with E-state index in [0.717, 1.165) is 45.6 Å². The molecule has 0 unspecified atom stereocenters. The van der Waals surface area contributed by atoms with E-state index in [4.69, 9.17) is 9.47 Å². The second-order valence-corrected chi connectivity index (χ2v) is 17.2. The van der Waals surface area contributed by atoms with E-state index in [0.29, 0.717) is 0 Å². The van der Waals surface area contributed by atoms with Gasteiger partial charge in [-0.05, 0) is 142 Å². The third kappa shape index (κ3) is 6.47. The summed E-state index contributed by atoms with van der Waals surface area (Å²) in [5.41, 5.74) is 11.5. The minimum Gasteiger partial charge on any atom is -0.497 e. The maximum absolute atomic E-state index is 5.61. The quantitative estimate of drug-likeness (QED) is 0.145. The van der Waals surface area contributed by atoms with Crippen molar-refractivity contribution in [1.29, 1.82) is 0 Å². The van der Waals surface area contributed by atoms with Gasteiger partial charge in [-0.1, -0.05) is 101 Å². The number of hydrogen-bond acceptors (Lipinski definition) is 4. The first kappa shape index (κ1) is 36.9. The molecule has 0 aliphatic carbocycles. The molecule has 4 nitrogen and oxygen atoms in total. The maximum atomic E-state index is 5.61. The Morgan fingerprint density at radius 2 is 0.661 bits per heavy atom. The van der Waals surface area contributed by atoms with Gasteiger partial charge in [-0.2, -0.15) is 0 Å². The van der Waals surface area contributed by atoms with E-state index in [9.17, 15) is 0 Å². The van der Waals surface area contributed by atoms with Crippen molar-refractivity contribution in [3.05, 3.63) is 156 Å². The lowest BCUT2D eigenvalue weighted by molar-refractivity contribution is 0.414. The van der Waals surface area contributed by atoms with Gasteiger partial charge in [0.15, 0.2) is 0 Å². The van der Waals surface area contributed by atoms with Crippen molar-refractivity contribution < 1.29 is 9.47 Å². The van der Waals surface area contributed by atoms with Gasteiger partial charge in [0.1, 0.15) is 11.5 Å². The normalized spacial score (nSPS) is 12.1. The smallest absolute Gasteiger partial charge is 0.119 e. The van der Waals surface area contributed by atoms with Crippen molar-refractivity contribution in [2.75, 3.05) is 24.0 Å². The molecule has 0 saturated carbocycles. The zero-order chi connectivity index (χ0) is 39.5. The second-order valence-electron chi connectivity index (χ2n) is 17.2. The molecular weight excluding hydrogens is 685 g/mol. The summed E-state index contributed by atoms with van der Waals surface area (Å²) in [6.07, 6.45) is 0. The monoisotopic (exact) mass is 736 g/mol. The highest BCUT2D eigenvalue weighted by Crippen LogP contribution is 2.52. The van der Waals surface area contributed by atoms with Gasteiger partial charge in [0.2, 0.25) is 0 Å². The van der Waals surface area contributed by atoms with Gasteiger partial charge in [0.25, 0.3) is 0 Å². The number of rotatable bonds is 8. The zero-order valence-corrected chi connectivity index (χ0v) is 34.4. The van der Waals surface area contributed by atoms with Gasteiger partial charge in [-0.15, -0.1) is 0 Å². The van der Waals surface area contributed by atoms with Crippen molar-refractivity contribution in [2.45, 2.75) is 66.2 Å². The first-order chi connectivity index (χ1) is 26.8. The first-order valence-corrected chi connectivity index (χ1v) is 19.6. The number of ether oxygens (including phenoxy) is 2. The molecule has 0 N–H and O–H groups in total. The van der Waals surface area contributed by atoms with E-state index in [-0.39, 0.29) is 10.8 Å². The summed E-state index contributed by atoms with van der Waals surface area (Å²) < 4.78 is 11.2. The van der Waals surface area contributed by atoms with Crippen LogP contribution < -0.4 is 19.3 Å². The molecule has 4 heteroatoms. The zero-order valence-electron chi connectivity index (χ0n) is 34.4. The van der Waals surface area contributed by atoms with Crippen LogP contribution >= 0.6 is 0 Å². The molecule has 0 radical (unpaired) electrons. The standard InChI is InChI=1S/C52H52N2O2/c1-33-11-15-35(16-12-33)53(37-19-23-39(55-9)24-20-37)47-31-45(51(3,4)5)41-28-30-44-48(32-46(52(6,7)8)42-27-29-43(47)49(41)50(42)44)54(36-17-13-34(2)14-18-36)38-21-25-40(56-10)26-22-38/h11-32H,1-10H3. The van der Waals surface area contributed by atoms with E-state index in [1.165, 1.54) is 54.6 Å². The number of nitrogens with zero attached hydrogens (tertiary/aromatic N) is 2. The lowest BCUT2D eigenvalue weighted by Crippen LogP contribution is -2.17. The predicted molar refractivity (Wildman–Crippen MR) is 239 cm³/mol. The largest absolute Gasteiger partial charge is 0.497 e. The van der Waals surface area contributed by atoms with Crippen LogP contribution in [0.25, 0.3) is 32.3 Å². The van der Waals surface area contributed by atoms with Crippen LogP contribution in [0, 0.1) is 13.8 Å². The van der Waals surface area contributed by atoms with Crippen LogP contribution in [0.5, 0.6) is 11.5 Å². The fourth-order valence-corrected chi connectivity index (χ4v) is 8.27. The van der Waals surface area contributed by atoms with E-state index in [1.807, 2.05) is 0 Å². The van der Waals surface area contributed by atoms with E-state index in [1.54, 1.807) is 14.2 Å². The Balaban J connectivity index is 1.53. The van der Waals surface area contributed by atoms with Crippen LogP contribution in [0.15, 0.2) is 133 Å². The highest BCUT2D eigenvalue weighted by Gasteiger charge is 2.29. The molecule has 0 fully saturated rings. The fourth-order valence-electron chi connectivity index (χ4n) is 8.27. The van der Waals surface area contributed by atoms with Gasteiger partial charge in [-0.3, -0.25) is 0 Å². The Bertz CT molecular complexity index is 2470.